The third-order valence-electron chi connectivity index (χ3n) is 5.38. The van der Waals surface area contributed by atoms with E-state index in [0.717, 1.165) is 54.2 Å². The maximum Gasteiger partial charge on any atom is 0.267 e. The first kappa shape index (κ1) is 18.5. The zero-order chi connectivity index (χ0) is 19.5. The van der Waals surface area contributed by atoms with Crippen molar-refractivity contribution in [3.8, 4) is 5.75 Å². The lowest BCUT2D eigenvalue weighted by Gasteiger charge is -2.29. The van der Waals surface area contributed by atoms with E-state index in [1.807, 2.05) is 42.2 Å². The lowest BCUT2D eigenvalue weighted by molar-refractivity contribution is -0.145. The largest absolute Gasteiger partial charge is 0.497 e. The van der Waals surface area contributed by atoms with Crippen LogP contribution in [-0.2, 0) is 9.63 Å². The maximum atomic E-state index is 13.3. The molecule has 0 aliphatic carbocycles. The van der Waals surface area contributed by atoms with Crippen LogP contribution in [0, 0.1) is 6.92 Å². The van der Waals surface area contributed by atoms with Gasteiger partial charge in [-0.1, -0.05) is 23.2 Å². The van der Waals surface area contributed by atoms with Gasteiger partial charge in [-0.15, -0.1) is 0 Å². The summed E-state index contributed by atoms with van der Waals surface area (Å²) >= 11 is 0. The molecule has 0 radical (unpaired) electrons. The van der Waals surface area contributed by atoms with Gasteiger partial charge < -0.3 is 19.0 Å². The Bertz CT molecular complexity index is 859. The van der Waals surface area contributed by atoms with Gasteiger partial charge in [0.15, 0.2) is 5.76 Å². The van der Waals surface area contributed by atoms with Crippen LogP contribution in [0.5, 0.6) is 5.75 Å². The smallest absolute Gasteiger partial charge is 0.267 e. The molecule has 2 aliphatic heterocycles. The second kappa shape index (κ2) is 8.04. The van der Waals surface area contributed by atoms with E-state index in [-0.39, 0.29) is 11.9 Å². The van der Waals surface area contributed by atoms with Gasteiger partial charge in [-0.05, 0) is 49.6 Å². The lowest BCUT2D eigenvalue weighted by Crippen LogP contribution is -2.41. The summed E-state index contributed by atoms with van der Waals surface area (Å²) < 4.78 is 10.7. The van der Waals surface area contributed by atoms with E-state index < -0.39 is 6.10 Å². The van der Waals surface area contributed by atoms with Crippen LogP contribution in [0.3, 0.4) is 0 Å². The van der Waals surface area contributed by atoms with Gasteiger partial charge in [0.1, 0.15) is 5.75 Å². The topological polar surface area (TPSA) is 77.2 Å². The van der Waals surface area contributed by atoms with Gasteiger partial charge >= 0.3 is 0 Å². The Hall–Kier alpha value is -2.83. The summed E-state index contributed by atoms with van der Waals surface area (Å²) in [5.41, 5.74) is 2.55. The fourth-order valence-corrected chi connectivity index (χ4v) is 3.86. The standard InChI is InChI=1S/C21H25N3O4/c1-14-12-19(27-22-14)18-6-4-3-5-11-24(18)21(25)20-13-17(23-28-20)15-7-9-16(26-2)10-8-15/h7-10,12,18,20H,3-6,11,13H2,1-2H3/t18-,20-/m1/s1. The average molecular weight is 383 g/mol. The Balaban J connectivity index is 1.48. The molecule has 0 spiro atoms. The predicted molar refractivity (Wildman–Crippen MR) is 103 cm³/mol. The summed E-state index contributed by atoms with van der Waals surface area (Å²) in [5.74, 6) is 1.50. The third kappa shape index (κ3) is 3.74. The van der Waals surface area contributed by atoms with E-state index in [0.29, 0.717) is 13.0 Å². The normalized spacial score (nSPS) is 22.4. The van der Waals surface area contributed by atoms with Crippen LogP contribution >= 0.6 is 0 Å². The summed E-state index contributed by atoms with van der Waals surface area (Å²) in [6, 6.07) is 9.45. The minimum absolute atomic E-state index is 0.0341. The van der Waals surface area contributed by atoms with Gasteiger partial charge in [-0.2, -0.15) is 0 Å². The summed E-state index contributed by atoms with van der Waals surface area (Å²) in [4.78, 5) is 20.7. The quantitative estimate of drug-likeness (QED) is 0.806. The van der Waals surface area contributed by atoms with Gasteiger partial charge in [0.05, 0.1) is 24.6 Å². The number of methoxy groups -OCH3 is 1. The minimum Gasteiger partial charge on any atom is -0.497 e. The van der Waals surface area contributed by atoms with Gasteiger partial charge in [-0.25, -0.2) is 0 Å². The molecule has 2 aromatic rings. The Morgan fingerprint density at radius 3 is 2.75 bits per heavy atom. The Labute approximate surface area is 164 Å². The molecule has 0 saturated carbocycles. The zero-order valence-electron chi connectivity index (χ0n) is 16.3. The summed E-state index contributed by atoms with van der Waals surface area (Å²) in [7, 11) is 1.63. The number of likely N-dealkylation sites (tertiary alicyclic amines) is 1. The first-order chi connectivity index (χ1) is 13.7. The van der Waals surface area contributed by atoms with Crippen LogP contribution in [0.2, 0.25) is 0 Å². The first-order valence-electron chi connectivity index (χ1n) is 9.76. The van der Waals surface area contributed by atoms with Gasteiger partial charge in [-0.3, -0.25) is 4.79 Å². The van der Waals surface area contributed by atoms with Crippen molar-refractivity contribution < 1.29 is 18.9 Å². The molecular formula is C21H25N3O4. The third-order valence-corrected chi connectivity index (χ3v) is 5.38. The number of hydrogen-bond acceptors (Lipinski definition) is 6. The summed E-state index contributed by atoms with van der Waals surface area (Å²) in [6.45, 7) is 2.59. The van der Waals surface area contributed by atoms with Crippen LogP contribution in [0.15, 0.2) is 40.0 Å². The Morgan fingerprint density at radius 2 is 2.04 bits per heavy atom. The number of rotatable bonds is 4. The van der Waals surface area contributed by atoms with Gasteiger partial charge in [0.25, 0.3) is 5.91 Å². The molecule has 1 saturated heterocycles. The molecule has 0 N–H and O–H groups in total. The van der Waals surface area contributed by atoms with Gasteiger partial charge in [0, 0.05) is 19.0 Å². The fraction of sp³-hybridized carbons (Fsp3) is 0.476. The number of aromatic nitrogens is 1. The van der Waals surface area contributed by atoms with E-state index in [1.165, 1.54) is 0 Å². The van der Waals surface area contributed by atoms with Crippen LogP contribution < -0.4 is 4.74 Å². The summed E-state index contributed by atoms with van der Waals surface area (Å²) in [5, 5.41) is 8.18. The van der Waals surface area contributed by atoms with Crippen LogP contribution in [0.1, 0.15) is 55.2 Å². The van der Waals surface area contributed by atoms with Crippen molar-refractivity contribution in [3.05, 3.63) is 47.3 Å². The highest BCUT2D eigenvalue weighted by molar-refractivity contribution is 6.04. The SMILES string of the molecule is COc1ccc(C2=NO[C@@H](C(=O)N3CCCCC[C@@H]3c3cc(C)no3)C2)cc1. The molecule has 4 rings (SSSR count). The van der Waals surface area contributed by atoms with Crippen molar-refractivity contribution in [1.29, 1.82) is 0 Å². The van der Waals surface area contributed by atoms with E-state index >= 15 is 0 Å². The predicted octanol–water partition coefficient (Wildman–Crippen LogP) is 3.63. The molecular weight excluding hydrogens is 358 g/mol. The monoisotopic (exact) mass is 383 g/mol. The molecule has 1 aromatic carbocycles. The van der Waals surface area contributed by atoms with Gasteiger partial charge in [0.2, 0.25) is 6.10 Å². The summed E-state index contributed by atoms with van der Waals surface area (Å²) in [6.07, 6.45) is 3.89. The number of hydrogen-bond donors (Lipinski definition) is 0. The van der Waals surface area contributed by atoms with Crippen LogP contribution in [0.4, 0.5) is 0 Å². The van der Waals surface area contributed by atoms with Crippen molar-refractivity contribution in [3.63, 3.8) is 0 Å². The molecule has 7 heteroatoms. The molecule has 1 fully saturated rings. The lowest BCUT2D eigenvalue weighted by atomic mass is 10.0. The first-order valence-corrected chi connectivity index (χ1v) is 9.76. The van der Waals surface area contributed by atoms with Crippen molar-refractivity contribution in [1.82, 2.24) is 10.1 Å². The van der Waals surface area contributed by atoms with E-state index in [9.17, 15) is 4.79 Å². The molecule has 0 unspecified atom stereocenters. The molecule has 7 nitrogen and oxygen atoms in total. The average Bonchev–Trinajstić information content (AvgIpc) is 3.31. The number of carbonyl (C=O) groups excluding carboxylic acids is 1. The zero-order valence-corrected chi connectivity index (χ0v) is 16.3. The number of ether oxygens (including phenoxy) is 1. The Morgan fingerprint density at radius 1 is 1.21 bits per heavy atom. The van der Waals surface area contributed by atoms with Crippen molar-refractivity contribution in [2.75, 3.05) is 13.7 Å². The number of aryl methyl sites for hydroxylation is 1. The van der Waals surface area contributed by atoms with Crippen molar-refractivity contribution in [2.24, 2.45) is 5.16 Å². The van der Waals surface area contributed by atoms with E-state index in [2.05, 4.69) is 10.3 Å². The number of benzene rings is 1. The van der Waals surface area contributed by atoms with Crippen LogP contribution in [-0.4, -0.2) is 41.4 Å². The second-order valence-electron chi connectivity index (χ2n) is 7.33. The molecule has 148 valence electrons. The maximum absolute atomic E-state index is 13.3. The molecule has 1 amide bonds. The number of nitrogens with zero attached hydrogens (tertiary/aromatic N) is 3. The number of carbonyl (C=O) groups is 1. The van der Waals surface area contributed by atoms with E-state index in [1.54, 1.807) is 7.11 Å². The molecule has 2 aliphatic rings. The fourth-order valence-electron chi connectivity index (χ4n) is 3.86. The second-order valence-corrected chi connectivity index (χ2v) is 7.33. The van der Waals surface area contributed by atoms with Crippen molar-refractivity contribution >= 4 is 11.6 Å². The molecule has 0 bridgehead atoms. The van der Waals surface area contributed by atoms with Crippen molar-refractivity contribution in [2.45, 2.75) is 51.2 Å². The number of amides is 1. The molecule has 3 heterocycles. The molecule has 2 atom stereocenters. The Kier molecular flexibility index (Phi) is 5.32. The highest BCUT2D eigenvalue weighted by atomic mass is 16.6. The highest BCUT2D eigenvalue weighted by Crippen LogP contribution is 2.32. The number of oxime groups is 1. The highest BCUT2D eigenvalue weighted by Gasteiger charge is 2.37. The molecule has 28 heavy (non-hydrogen) atoms. The molecule has 1 aromatic heterocycles. The minimum atomic E-state index is -0.596. The van der Waals surface area contributed by atoms with E-state index in [4.69, 9.17) is 14.1 Å². The van der Waals surface area contributed by atoms with Crippen LogP contribution in [0.25, 0.3) is 0 Å².